The van der Waals surface area contributed by atoms with E-state index in [1.165, 1.54) is 0 Å². The number of benzene rings is 1. The Kier molecular flexibility index (Phi) is 7.07. The van der Waals surface area contributed by atoms with Crippen LogP contribution in [0.15, 0.2) is 24.3 Å². The molecule has 3 fully saturated rings. The first-order chi connectivity index (χ1) is 18.9. The van der Waals surface area contributed by atoms with Crippen molar-refractivity contribution in [1.29, 1.82) is 0 Å². The van der Waals surface area contributed by atoms with Crippen molar-refractivity contribution in [1.82, 2.24) is 25.1 Å². The third kappa shape index (κ3) is 5.68. The Bertz CT molecular complexity index is 1260. The minimum Gasteiger partial charge on any atom is -0.377 e. The van der Waals surface area contributed by atoms with Gasteiger partial charge in [-0.25, -0.2) is 14.8 Å². The van der Waals surface area contributed by atoms with E-state index < -0.39 is 0 Å². The highest BCUT2D eigenvalue weighted by atomic mass is 16.5. The first-order valence-electron chi connectivity index (χ1n) is 13.9. The second-order valence-corrected chi connectivity index (χ2v) is 10.8. The zero-order valence-corrected chi connectivity index (χ0v) is 22.3. The summed E-state index contributed by atoms with van der Waals surface area (Å²) in [6.07, 6.45) is 3.83. The van der Waals surface area contributed by atoms with Gasteiger partial charge in [0.15, 0.2) is 5.82 Å². The molecule has 11 heteroatoms. The number of carbonyl (C=O) groups excluding carboxylic acids is 3. The van der Waals surface area contributed by atoms with Crippen molar-refractivity contribution >= 4 is 29.4 Å². The topological polar surface area (TPSA) is 120 Å². The lowest BCUT2D eigenvalue weighted by Gasteiger charge is -2.35. The largest absolute Gasteiger partial charge is 0.377 e. The highest BCUT2D eigenvalue weighted by molar-refractivity contribution is 5.90. The highest BCUT2D eigenvalue weighted by Gasteiger charge is 2.33. The molecule has 2 N–H and O–H groups in total. The van der Waals surface area contributed by atoms with E-state index >= 15 is 0 Å². The molecule has 2 aromatic rings. The molecule has 2 saturated heterocycles. The summed E-state index contributed by atoms with van der Waals surface area (Å²) in [6, 6.07) is 7.77. The van der Waals surface area contributed by atoms with Gasteiger partial charge in [0.2, 0.25) is 11.8 Å². The normalized spacial score (nSPS) is 20.8. The smallest absolute Gasteiger partial charge is 0.319 e. The van der Waals surface area contributed by atoms with Gasteiger partial charge < -0.3 is 30.1 Å². The molecule has 11 nitrogen and oxygen atoms in total. The van der Waals surface area contributed by atoms with E-state index in [0.29, 0.717) is 69.8 Å². The number of aromatic nitrogens is 2. The number of likely N-dealkylation sites (tertiary alicyclic amines) is 1. The van der Waals surface area contributed by atoms with Crippen LogP contribution in [0, 0.1) is 0 Å². The third-order valence-corrected chi connectivity index (χ3v) is 7.83. The van der Waals surface area contributed by atoms with Gasteiger partial charge in [-0.3, -0.25) is 9.59 Å². The fourth-order valence-corrected chi connectivity index (χ4v) is 5.43. The lowest BCUT2D eigenvalue weighted by atomic mass is 10.1. The second-order valence-electron chi connectivity index (χ2n) is 10.8. The van der Waals surface area contributed by atoms with Gasteiger partial charge in [-0.05, 0) is 50.5 Å². The maximum atomic E-state index is 13.1. The Morgan fingerprint density at radius 3 is 2.64 bits per heavy atom. The molecule has 0 spiro atoms. The van der Waals surface area contributed by atoms with E-state index in [9.17, 15) is 14.4 Å². The minimum absolute atomic E-state index is 0.0233. The Hall–Kier alpha value is -3.73. The van der Waals surface area contributed by atoms with Gasteiger partial charge in [0.05, 0.1) is 38.0 Å². The van der Waals surface area contributed by atoms with E-state index in [4.69, 9.17) is 14.7 Å². The molecule has 4 heterocycles. The molecule has 39 heavy (non-hydrogen) atoms. The van der Waals surface area contributed by atoms with Crippen LogP contribution in [0.2, 0.25) is 0 Å². The Labute approximate surface area is 227 Å². The van der Waals surface area contributed by atoms with E-state index in [2.05, 4.69) is 22.5 Å². The van der Waals surface area contributed by atoms with Crippen LogP contribution in [0.25, 0.3) is 11.4 Å². The Balaban J connectivity index is 1.22. The third-order valence-electron chi connectivity index (χ3n) is 7.83. The van der Waals surface area contributed by atoms with Gasteiger partial charge in [0.25, 0.3) is 0 Å². The van der Waals surface area contributed by atoms with Gasteiger partial charge in [-0.1, -0.05) is 0 Å². The van der Waals surface area contributed by atoms with Crippen molar-refractivity contribution in [3.8, 4) is 11.4 Å². The quantitative estimate of drug-likeness (QED) is 0.561. The average Bonchev–Trinajstić information content (AvgIpc) is 3.47. The summed E-state index contributed by atoms with van der Waals surface area (Å²) in [5.74, 6) is 1.60. The summed E-state index contributed by atoms with van der Waals surface area (Å²) in [7, 11) is 0. The molecule has 3 aliphatic heterocycles. The van der Waals surface area contributed by atoms with Crippen molar-refractivity contribution in [2.45, 2.75) is 64.2 Å². The van der Waals surface area contributed by atoms with Crippen LogP contribution in [0.3, 0.4) is 0 Å². The van der Waals surface area contributed by atoms with E-state index in [1.54, 1.807) is 4.90 Å². The summed E-state index contributed by atoms with van der Waals surface area (Å²) >= 11 is 0. The van der Waals surface area contributed by atoms with Crippen LogP contribution < -0.4 is 15.5 Å². The fourth-order valence-electron chi connectivity index (χ4n) is 5.43. The molecule has 0 bridgehead atoms. The van der Waals surface area contributed by atoms with Crippen LogP contribution in [0.5, 0.6) is 0 Å². The van der Waals surface area contributed by atoms with Crippen LogP contribution in [0.1, 0.15) is 50.3 Å². The number of fused-ring (bicyclic) bond motifs is 1. The number of nitrogens with one attached hydrogen (secondary N) is 2. The Morgan fingerprint density at radius 1 is 1.10 bits per heavy atom. The number of hydrogen-bond acceptors (Lipinski definition) is 7. The van der Waals surface area contributed by atoms with E-state index in [1.807, 2.05) is 29.2 Å². The molecule has 1 atom stereocenters. The number of nitrogens with zero attached hydrogens (tertiary/aromatic N) is 5. The number of ether oxygens (including phenoxy) is 1. The molecule has 1 aliphatic carbocycles. The summed E-state index contributed by atoms with van der Waals surface area (Å²) in [6.45, 7) is 6.15. The van der Waals surface area contributed by atoms with Gasteiger partial charge in [0.1, 0.15) is 5.82 Å². The van der Waals surface area contributed by atoms with Crippen LogP contribution in [-0.2, 0) is 27.4 Å². The van der Waals surface area contributed by atoms with Gasteiger partial charge in [0, 0.05) is 55.3 Å². The van der Waals surface area contributed by atoms with Gasteiger partial charge in [-0.2, -0.15) is 0 Å². The summed E-state index contributed by atoms with van der Waals surface area (Å²) in [5.41, 5.74) is 3.37. The van der Waals surface area contributed by atoms with Crippen molar-refractivity contribution in [2.75, 3.05) is 43.1 Å². The molecule has 4 amide bonds. The minimum atomic E-state index is -0.193. The maximum Gasteiger partial charge on any atom is 0.319 e. The molecule has 206 valence electrons. The molecule has 4 aliphatic rings. The predicted molar refractivity (Wildman–Crippen MR) is 145 cm³/mol. The summed E-state index contributed by atoms with van der Waals surface area (Å²) in [5, 5.41) is 5.80. The molecule has 1 aromatic heterocycles. The fraction of sp³-hybridized carbons (Fsp3) is 0.536. The molecule has 1 aromatic carbocycles. The maximum absolute atomic E-state index is 13.1. The number of hydrogen-bond donors (Lipinski definition) is 2. The molecule has 0 unspecified atom stereocenters. The number of rotatable bonds is 7. The molecule has 1 saturated carbocycles. The molecular formula is C28H35N7O4. The second kappa shape index (κ2) is 10.8. The number of anilines is 2. The number of amides is 4. The Morgan fingerprint density at radius 2 is 1.92 bits per heavy atom. The SMILES string of the molecule is C[C@H]1COCCN1c1nc(-c2ccc(NC(=O)NC3CC3)cc2)nc2c1CN(C(=O)CCN1CCCC1=O)C2. The average molecular weight is 534 g/mol. The lowest BCUT2D eigenvalue weighted by molar-refractivity contribution is -0.133. The standard InChI is InChI=1S/C28H35N7O4/c1-18-17-39-14-13-35(18)27-22-15-34(25(37)10-12-33-11-2-3-24(33)36)16-23(22)31-26(32-27)19-4-6-20(7-5-19)29-28(38)30-21-8-9-21/h4-7,18,21H,2-3,8-17H2,1H3,(H2,29,30,38)/t18-/m0/s1. The van der Waals surface area contributed by atoms with Crippen LogP contribution in [0.4, 0.5) is 16.3 Å². The number of urea groups is 1. The number of carbonyl (C=O) groups is 3. The van der Waals surface area contributed by atoms with E-state index in [0.717, 1.165) is 48.4 Å². The van der Waals surface area contributed by atoms with Gasteiger partial charge in [-0.15, -0.1) is 0 Å². The van der Waals surface area contributed by atoms with Crippen molar-refractivity contribution < 1.29 is 19.1 Å². The van der Waals surface area contributed by atoms with Gasteiger partial charge >= 0.3 is 6.03 Å². The first kappa shape index (κ1) is 25.5. The lowest BCUT2D eigenvalue weighted by Crippen LogP contribution is -2.44. The molecule has 0 radical (unpaired) electrons. The number of morpholine rings is 1. The van der Waals surface area contributed by atoms with Crippen molar-refractivity contribution in [3.05, 3.63) is 35.5 Å². The van der Waals surface area contributed by atoms with Crippen LogP contribution >= 0.6 is 0 Å². The van der Waals surface area contributed by atoms with Crippen LogP contribution in [-0.4, -0.2) is 82.5 Å². The molecule has 6 rings (SSSR count). The zero-order chi connectivity index (χ0) is 26.9. The monoisotopic (exact) mass is 533 g/mol. The predicted octanol–water partition coefficient (Wildman–Crippen LogP) is 2.51. The highest BCUT2D eigenvalue weighted by Crippen LogP contribution is 2.34. The molecular weight excluding hydrogens is 498 g/mol. The summed E-state index contributed by atoms with van der Waals surface area (Å²) in [4.78, 5) is 53.0. The van der Waals surface area contributed by atoms with Crippen molar-refractivity contribution in [3.63, 3.8) is 0 Å². The van der Waals surface area contributed by atoms with Crippen molar-refractivity contribution in [2.24, 2.45) is 0 Å². The zero-order valence-electron chi connectivity index (χ0n) is 22.3. The summed E-state index contributed by atoms with van der Waals surface area (Å²) < 4.78 is 5.67. The van der Waals surface area contributed by atoms with E-state index in [-0.39, 0.29) is 23.9 Å². The first-order valence-corrected chi connectivity index (χ1v) is 13.9.